The highest BCUT2D eigenvalue weighted by Gasteiger charge is 2.31. The van der Waals surface area contributed by atoms with Gasteiger partial charge in [0, 0.05) is 12.6 Å². The van der Waals surface area contributed by atoms with Crippen LogP contribution in [0.1, 0.15) is 5.56 Å². The van der Waals surface area contributed by atoms with Crippen molar-refractivity contribution in [1.29, 1.82) is 0 Å². The fourth-order valence-corrected chi connectivity index (χ4v) is 4.21. The number of anilines is 1. The lowest BCUT2D eigenvalue weighted by Crippen LogP contribution is -2.29. The van der Waals surface area contributed by atoms with E-state index >= 15 is 0 Å². The number of ether oxygens (including phenoxy) is 2. The average Bonchev–Trinajstić information content (AvgIpc) is 2.97. The first kappa shape index (κ1) is 15.6. The van der Waals surface area contributed by atoms with Crippen LogP contribution in [0.5, 0.6) is 11.5 Å². The van der Waals surface area contributed by atoms with Gasteiger partial charge in [0.05, 0.1) is 24.8 Å². The summed E-state index contributed by atoms with van der Waals surface area (Å²) in [5, 5.41) is 0. The Morgan fingerprint density at radius 3 is 2.48 bits per heavy atom. The third-order valence-corrected chi connectivity index (χ3v) is 5.65. The summed E-state index contributed by atoms with van der Waals surface area (Å²) in [4.78, 5) is 0.104. The lowest BCUT2D eigenvalue weighted by Gasteiger charge is -2.20. The van der Waals surface area contributed by atoms with Gasteiger partial charge in [-0.1, -0.05) is 0 Å². The molecule has 122 valence electrons. The maximum atomic E-state index is 13.3. The Morgan fingerprint density at radius 1 is 1.04 bits per heavy atom. The van der Waals surface area contributed by atoms with E-state index in [1.54, 1.807) is 6.07 Å². The number of halogens is 1. The second-order valence-electron chi connectivity index (χ2n) is 5.12. The van der Waals surface area contributed by atoms with Gasteiger partial charge < -0.3 is 9.47 Å². The van der Waals surface area contributed by atoms with Gasteiger partial charge in [-0.2, -0.15) is 0 Å². The largest absolute Gasteiger partial charge is 0.493 e. The fourth-order valence-electron chi connectivity index (χ4n) is 2.69. The first-order valence-electron chi connectivity index (χ1n) is 7.00. The molecule has 2 aromatic carbocycles. The average molecular weight is 337 g/mol. The van der Waals surface area contributed by atoms with Gasteiger partial charge in [-0.25, -0.2) is 12.8 Å². The summed E-state index contributed by atoms with van der Waals surface area (Å²) < 4.78 is 50.6. The first-order valence-corrected chi connectivity index (χ1v) is 8.44. The maximum absolute atomic E-state index is 13.3. The lowest BCUT2D eigenvalue weighted by molar-refractivity contribution is 0.354. The van der Waals surface area contributed by atoms with Crippen LogP contribution in [0.25, 0.3) is 0 Å². The van der Waals surface area contributed by atoms with E-state index in [0.717, 1.165) is 0 Å². The Morgan fingerprint density at radius 2 is 1.78 bits per heavy atom. The highest BCUT2D eigenvalue weighted by atomic mass is 32.2. The minimum absolute atomic E-state index is 0.104. The van der Waals surface area contributed by atoms with Gasteiger partial charge >= 0.3 is 0 Å². The van der Waals surface area contributed by atoms with Gasteiger partial charge in [0.2, 0.25) is 0 Å². The van der Waals surface area contributed by atoms with Crippen LogP contribution in [0.2, 0.25) is 0 Å². The van der Waals surface area contributed by atoms with E-state index in [4.69, 9.17) is 9.47 Å². The minimum atomic E-state index is -3.75. The summed E-state index contributed by atoms with van der Waals surface area (Å²) in [7, 11) is -0.817. The Labute approximate surface area is 134 Å². The van der Waals surface area contributed by atoms with Gasteiger partial charge in [-0.05, 0) is 42.3 Å². The molecule has 2 aromatic rings. The zero-order valence-electron chi connectivity index (χ0n) is 12.7. The number of hydrogen-bond acceptors (Lipinski definition) is 4. The van der Waals surface area contributed by atoms with E-state index in [9.17, 15) is 12.8 Å². The highest BCUT2D eigenvalue weighted by Crippen LogP contribution is 2.36. The fraction of sp³-hybridized carbons (Fsp3) is 0.250. The SMILES string of the molecule is COc1ccc(S(=O)(=O)N2CCc3cc(F)ccc32)cc1OC. The van der Waals surface area contributed by atoms with Crippen molar-refractivity contribution in [3.63, 3.8) is 0 Å². The number of methoxy groups -OCH3 is 2. The van der Waals surface area contributed by atoms with Crippen molar-refractivity contribution >= 4 is 15.7 Å². The van der Waals surface area contributed by atoms with Gasteiger partial charge in [-0.3, -0.25) is 4.31 Å². The zero-order chi connectivity index (χ0) is 16.6. The van der Waals surface area contributed by atoms with Crippen molar-refractivity contribution in [2.45, 2.75) is 11.3 Å². The molecule has 0 bridgehead atoms. The molecule has 1 aliphatic rings. The van der Waals surface area contributed by atoms with Crippen LogP contribution in [0, 0.1) is 5.82 Å². The molecule has 7 heteroatoms. The van der Waals surface area contributed by atoms with Crippen molar-refractivity contribution in [2.75, 3.05) is 25.1 Å². The molecule has 0 unspecified atom stereocenters. The van der Waals surface area contributed by atoms with Crippen LogP contribution in [0.3, 0.4) is 0 Å². The third kappa shape index (κ3) is 2.61. The lowest BCUT2D eigenvalue weighted by atomic mass is 10.2. The highest BCUT2D eigenvalue weighted by molar-refractivity contribution is 7.92. The maximum Gasteiger partial charge on any atom is 0.264 e. The number of rotatable bonds is 4. The zero-order valence-corrected chi connectivity index (χ0v) is 13.6. The smallest absolute Gasteiger partial charge is 0.264 e. The molecule has 0 aliphatic carbocycles. The summed E-state index contributed by atoms with van der Waals surface area (Å²) in [5.74, 6) is 0.427. The Hall–Kier alpha value is -2.28. The predicted octanol–water partition coefficient (Wildman–Crippen LogP) is 2.59. The monoisotopic (exact) mass is 337 g/mol. The van der Waals surface area contributed by atoms with Gasteiger partial charge in [0.1, 0.15) is 5.82 Å². The number of hydrogen-bond donors (Lipinski definition) is 0. The van der Waals surface area contributed by atoms with Crippen LogP contribution >= 0.6 is 0 Å². The molecule has 3 rings (SSSR count). The molecular weight excluding hydrogens is 321 g/mol. The van der Waals surface area contributed by atoms with E-state index in [1.807, 2.05) is 0 Å². The second-order valence-corrected chi connectivity index (χ2v) is 6.98. The molecule has 1 heterocycles. The molecule has 0 radical (unpaired) electrons. The molecule has 0 atom stereocenters. The molecule has 0 amide bonds. The number of nitrogens with zero attached hydrogens (tertiary/aromatic N) is 1. The van der Waals surface area contributed by atoms with Crippen molar-refractivity contribution in [2.24, 2.45) is 0 Å². The summed E-state index contributed by atoms with van der Waals surface area (Å²) in [6.07, 6.45) is 0.486. The van der Waals surface area contributed by atoms with Crippen LogP contribution in [0.4, 0.5) is 10.1 Å². The number of sulfonamides is 1. The molecule has 0 fully saturated rings. The third-order valence-electron chi connectivity index (χ3n) is 3.84. The molecule has 0 saturated heterocycles. The van der Waals surface area contributed by atoms with Crippen molar-refractivity contribution in [3.05, 3.63) is 47.8 Å². The van der Waals surface area contributed by atoms with Crippen molar-refractivity contribution in [1.82, 2.24) is 0 Å². The van der Waals surface area contributed by atoms with E-state index in [-0.39, 0.29) is 17.3 Å². The van der Waals surface area contributed by atoms with E-state index in [0.29, 0.717) is 29.2 Å². The predicted molar refractivity (Wildman–Crippen MR) is 84.2 cm³/mol. The van der Waals surface area contributed by atoms with Gasteiger partial charge in [0.15, 0.2) is 11.5 Å². The number of benzene rings is 2. The summed E-state index contributed by atoms with van der Waals surface area (Å²) in [6, 6.07) is 8.58. The molecule has 0 N–H and O–H groups in total. The van der Waals surface area contributed by atoms with E-state index < -0.39 is 10.0 Å². The summed E-state index contributed by atoms with van der Waals surface area (Å²) in [6.45, 7) is 0.287. The molecular formula is C16H16FNO4S. The Balaban J connectivity index is 2.04. The topological polar surface area (TPSA) is 55.8 Å². The van der Waals surface area contributed by atoms with E-state index in [1.165, 1.54) is 48.9 Å². The molecule has 1 aliphatic heterocycles. The van der Waals surface area contributed by atoms with E-state index in [2.05, 4.69) is 0 Å². The summed E-state index contributed by atoms with van der Waals surface area (Å²) >= 11 is 0. The molecule has 0 aromatic heterocycles. The number of fused-ring (bicyclic) bond motifs is 1. The summed E-state index contributed by atoms with van der Waals surface area (Å²) in [5.41, 5.74) is 1.20. The first-order chi connectivity index (χ1) is 11.0. The Kier molecular flexibility index (Phi) is 3.89. The van der Waals surface area contributed by atoms with Gasteiger partial charge in [-0.15, -0.1) is 0 Å². The van der Waals surface area contributed by atoms with Gasteiger partial charge in [0.25, 0.3) is 10.0 Å². The molecule has 0 spiro atoms. The molecule has 23 heavy (non-hydrogen) atoms. The minimum Gasteiger partial charge on any atom is -0.493 e. The van der Waals surface area contributed by atoms with Crippen LogP contribution in [0.15, 0.2) is 41.3 Å². The standard InChI is InChI=1S/C16H16FNO4S/c1-21-15-6-4-13(10-16(15)22-2)23(19,20)18-8-7-11-9-12(17)3-5-14(11)18/h3-6,9-10H,7-8H2,1-2H3. The second kappa shape index (κ2) is 5.73. The van der Waals surface area contributed by atoms with Crippen molar-refractivity contribution < 1.29 is 22.3 Å². The normalized spacial score (nSPS) is 13.8. The Bertz CT molecular complexity index is 851. The van der Waals surface area contributed by atoms with Crippen molar-refractivity contribution in [3.8, 4) is 11.5 Å². The quantitative estimate of drug-likeness (QED) is 0.860. The van der Waals surface area contributed by atoms with Crippen LogP contribution < -0.4 is 13.8 Å². The van der Waals surface area contributed by atoms with Crippen LogP contribution in [-0.4, -0.2) is 29.2 Å². The van der Waals surface area contributed by atoms with Crippen LogP contribution in [-0.2, 0) is 16.4 Å². The molecule has 0 saturated carbocycles. The molecule has 5 nitrogen and oxygen atoms in total.